The van der Waals surface area contributed by atoms with Crippen molar-refractivity contribution < 1.29 is 24.2 Å². The first kappa shape index (κ1) is 18.5. The predicted molar refractivity (Wildman–Crippen MR) is 94.0 cm³/mol. The van der Waals surface area contributed by atoms with Crippen LogP contribution in [-0.2, 0) is 16.1 Å². The van der Waals surface area contributed by atoms with Gasteiger partial charge in [0.1, 0.15) is 11.5 Å². The van der Waals surface area contributed by atoms with E-state index in [4.69, 9.17) is 9.47 Å². The summed E-state index contributed by atoms with van der Waals surface area (Å²) in [5, 5.41) is 12.3. The summed E-state index contributed by atoms with van der Waals surface area (Å²) in [7, 11) is 1.53. The Morgan fingerprint density at radius 1 is 1.20 bits per heavy atom. The van der Waals surface area contributed by atoms with Crippen LogP contribution in [0.25, 0.3) is 0 Å². The number of hydrogen-bond donors (Lipinski definition) is 2. The Morgan fingerprint density at radius 2 is 1.96 bits per heavy atom. The van der Waals surface area contributed by atoms with E-state index in [2.05, 4.69) is 5.32 Å². The third-order valence-electron chi connectivity index (χ3n) is 3.57. The molecule has 132 valence electrons. The molecule has 0 unspecified atom stereocenters. The number of phenolic OH excluding ortho intramolecular Hbond substituents is 1. The second kappa shape index (κ2) is 8.30. The van der Waals surface area contributed by atoms with Crippen molar-refractivity contribution in [3.05, 3.63) is 53.6 Å². The smallest absolute Gasteiger partial charge is 0.265 e. The van der Waals surface area contributed by atoms with Crippen molar-refractivity contribution in [3.8, 4) is 11.5 Å². The molecule has 0 fully saturated rings. The van der Waals surface area contributed by atoms with E-state index in [1.165, 1.54) is 26.2 Å². The number of methoxy groups -OCH3 is 1. The normalized spacial score (nSPS) is 11.6. The van der Waals surface area contributed by atoms with E-state index < -0.39 is 6.10 Å². The standard InChI is InChI=1S/C19H21NO5/c1-12(21)14-5-4-6-17(10-14)25-13(2)19(23)20-18-8-7-16(22)9-15(18)11-24-3/h4-10,13,22H,11H2,1-3H3,(H,20,23)/t13-/m0/s1. The molecule has 2 aromatic rings. The summed E-state index contributed by atoms with van der Waals surface area (Å²) in [6.45, 7) is 3.34. The molecule has 0 saturated carbocycles. The van der Waals surface area contributed by atoms with Gasteiger partial charge in [0.25, 0.3) is 5.91 Å². The molecular formula is C19H21NO5. The number of phenols is 1. The molecule has 0 aliphatic rings. The molecule has 0 bridgehead atoms. The van der Waals surface area contributed by atoms with Crippen molar-refractivity contribution in [2.45, 2.75) is 26.6 Å². The van der Waals surface area contributed by atoms with Gasteiger partial charge >= 0.3 is 0 Å². The van der Waals surface area contributed by atoms with Gasteiger partial charge in [-0.05, 0) is 44.2 Å². The van der Waals surface area contributed by atoms with Gasteiger partial charge in [0.15, 0.2) is 11.9 Å². The van der Waals surface area contributed by atoms with Crippen molar-refractivity contribution in [2.24, 2.45) is 0 Å². The Morgan fingerprint density at radius 3 is 2.64 bits per heavy atom. The Hall–Kier alpha value is -2.86. The molecule has 0 heterocycles. The number of hydrogen-bond acceptors (Lipinski definition) is 5. The van der Waals surface area contributed by atoms with Gasteiger partial charge in [-0.1, -0.05) is 12.1 Å². The molecule has 6 heteroatoms. The van der Waals surface area contributed by atoms with Gasteiger partial charge in [-0.25, -0.2) is 0 Å². The molecule has 0 radical (unpaired) electrons. The fourth-order valence-electron chi connectivity index (χ4n) is 2.26. The first-order valence-corrected chi connectivity index (χ1v) is 7.80. The third kappa shape index (κ3) is 5.06. The van der Waals surface area contributed by atoms with E-state index in [1.54, 1.807) is 37.3 Å². The Bertz CT molecular complexity index is 772. The summed E-state index contributed by atoms with van der Waals surface area (Å²) in [4.78, 5) is 23.8. The van der Waals surface area contributed by atoms with Crippen LogP contribution < -0.4 is 10.1 Å². The quantitative estimate of drug-likeness (QED) is 0.596. The van der Waals surface area contributed by atoms with E-state index in [9.17, 15) is 14.7 Å². The molecule has 1 atom stereocenters. The molecule has 25 heavy (non-hydrogen) atoms. The maximum atomic E-state index is 12.4. The van der Waals surface area contributed by atoms with Crippen molar-refractivity contribution in [1.29, 1.82) is 0 Å². The van der Waals surface area contributed by atoms with Crippen LogP contribution >= 0.6 is 0 Å². The van der Waals surface area contributed by atoms with Gasteiger partial charge in [0, 0.05) is 23.9 Å². The summed E-state index contributed by atoms with van der Waals surface area (Å²) in [6, 6.07) is 11.3. The number of ether oxygens (including phenoxy) is 2. The number of benzene rings is 2. The van der Waals surface area contributed by atoms with Crippen molar-refractivity contribution in [2.75, 3.05) is 12.4 Å². The minimum Gasteiger partial charge on any atom is -0.508 e. The highest BCUT2D eigenvalue weighted by Crippen LogP contribution is 2.23. The first-order valence-electron chi connectivity index (χ1n) is 7.80. The molecular weight excluding hydrogens is 322 g/mol. The summed E-state index contributed by atoms with van der Waals surface area (Å²) in [5.74, 6) is 0.112. The molecule has 6 nitrogen and oxygen atoms in total. The molecule has 0 aliphatic carbocycles. The lowest BCUT2D eigenvalue weighted by molar-refractivity contribution is -0.122. The number of rotatable bonds is 7. The molecule has 2 aromatic carbocycles. The number of Topliss-reactive ketones (excluding diaryl/α,β-unsaturated/α-hetero) is 1. The second-order valence-corrected chi connectivity index (χ2v) is 5.61. The van der Waals surface area contributed by atoms with Crippen LogP contribution in [0, 0.1) is 0 Å². The summed E-state index contributed by atoms with van der Waals surface area (Å²) in [5.41, 5.74) is 1.71. The lowest BCUT2D eigenvalue weighted by atomic mass is 10.1. The maximum absolute atomic E-state index is 12.4. The predicted octanol–water partition coefficient (Wildman–Crippen LogP) is 3.15. The monoisotopic (exact) mass is 343 g/mol. The second-order valence-electron chi connectivity index (χ2n) is 5.61. The number of anilines is 1. The van der Waals surface area contributed by atoms with Crippen molar-refractivity contribution >= 4 is 17.4 Å². The van der Waals surface area contributed by atoms with Gasteiger partial charge in [-0.2, -0.15) is 0 Å². The number of amides is 1. The summed E-state index contributed by atoms with van der Waals surface area (Å²) < 4.78 is 10.7. The number of ketones is 1. The molecule has 0 aliphatic heterocycles. The van der Waals surface area contributed by atoms with Gasteiger partial charge < -0.3 is 19.9 Å². The highest BCUT2D eigenvalue weighted by atomic mass is 16.5. The van der Waals surface area contributed by atoms with E-state index in [1.807, 2.05) is 0 Å². The first-order chi connectivity index (χ1) is 11.9. The largest absolute Gasteiger partial charge is 0.508 e. The summed E-state index contributed by atoms with van der Waals surface area (Å²) in [6.07, 6.45) is -0.772. The van der Waals surface area contributed by atoms with Gasteiger partial charge in [0.2, 0.25) is 0 Å². The van der Waals surface area contributed by atoms with Crippen LogP contribution in [0.1, 0.15) is 29.8 Å². The average molecular weight is 343 g/mol. The zero-order valence-corrected chi connectivity index (χ0v) is 14.4. The topological polar surface area (TPSA) is 84.9 Å². The molecule has 1 amide bonds. The van der Waals surface area contributed by atoms with Crippen LogP contribution in [0.5, 0.6) is 11.5 Å². The Labute approximate surface area is 146 Å². The number of carbonyl (C=O) groups excluding carboxylic acids is 2. The van der Waals surface area contributed by atoms with E-state index >= 15 is 0 Å². The van der Waals surface area contributed by atoms with Crippen LogP contribution in [0.4, 0.5) is 5.69 Å². The van der Waals surface area contributed by atoms with Crippen LogP contribution in [0.15, 0.2) is 42.5 Å². The highest BCUT2D eigenvalue weighted by Gasteiger charge is 2.17. The van der Waals surface area contributed by atoms with Crippen LogP contribution in [-0.4, -0.2) is 30.0 Å². The molecule has 0 aromatic heterocycles. The Kier molecular flexibility index (Phi) is 6.14. The third-order valence-corrected chi connectivity index (χ3v) is 3.57. The van der Waals surface area contributed by atoms with Crippen molar-refractivity contribution in [1.82, 2.24) is 0 Å². The zero-order valence-electron chi connectivity index (χ0n) is 14.4. The molecule has 2 N–H and O–H groups in total. The summed E-state index contributed by atoms with van der Waals surface area (Å²) >= 11 is 0. The van der Waals surface area contributed by atoms with Crippen LogP contribution in [0.2, 0.25) is 0 Å². The lowest BCUT2D eigenvalue weighted by Crippen LogP contribution is -2.30. The Balaban J connectivity index is 2.08. The number of aromatic hydroxyl groups is 1. The van der Waals surface area contributed by atoms with E-state index in [0.717, 1.165) is 0 Å². The van der Waals surface area contributed by atoms with Gasteiger partial charge in [0.05, 0.1) is 6.61 Å². The molecule has 0 saturated heterocycles. The molecule has 2 rings (SSSR count). The van der Waals surface area contributed by atoms with Gasteiger partial charge in [-0.3, -0.25) is 9.59 Å². The SMILES string of the molecule is COCc1cc(O)ccc1NC(=O)[C@H](C)Oc1cccc(C(C)=O)c1. The van der Waals surface area contributed by atoms with Gasteiger partial charge in [-0.15, -0.1) is 0 Å². The number of carbonyl (C=O) groups is 2. The minimum absolute atomic E-state index is 0.0733. The minimum atomic E-state index is -0.772. The fourth-order valence-corrected chi connectivity index (χ4v) is 2.26. The fraction of sp³-hybridized carbons (Fsp3) is 0.263. The average Bonchev–Trinajstić information content (AvgIpc) is 2.57. The maximum Gasteiger partial charge on any atom is 0.265 e. The zero-order chi connectivity index (χ0) is 18.4. The van der Waals surface area contributed by atoms with E-state index in [-0.39, 0.29) is 24.0 Å². The molecule has 0 spiro atoms. The van der Waals surface area contributed by atoms with E-state index in [0.29, 0.717) is 22.6 Å². The van der Waals surface area contributed by atoms with Crippen molar-refractivity contribution in [3.63, 3.8) is 0 Å². The van der Waals surface area contributed by atoms with Crippen LogP contribution in [0.3, 0.4) is 0 Å². The lowest BCUT2D eigenvalue weighted by Gasteiger charge is -2.17. The number of nitrogens with one attached hydrogen (secondary N) is 1. The highest BCUT2D eigenvalue weighted by molar-refractivity contribution is 5.95.